The molecule has 8 heavy (non-hydrogen) atoms. The van der Waals surface area contributed by atoms with Gasteiger partial charge in [0.25, 0.3) is 0 Å². The van der Waals surface area contributed by atoms with Gasteiger partial charge in [-0.2, -0.15) is 0 Å². The van der Waals surface area contributed by atoms with E-state index < -0.39 is 11.9 Å². The van der Waals surface area contributed by atoms with Crippen LogP contribution in [0.2, 0.25) is 0 Å². The van der Waals surface area contributed by atoms with E-state index in [2.05, 4.69) is 0 Å². The fourth-order valence-corrected chi connectivity index (χ4v) is 0. The summed E-state index contributed by atoms with van der Waals surface area (Å²) in [4.78, 5) is 18.2. The summed E-state index contributed by atoms with van der Waals surface area (Å²) in [5, 5.41) is 14.8. The van der Waals surface area contributed by atoms with E-state index in [0.717, 1.165) is 0 Å². The van der Waals surface area contributed by atoms with Gasteiger partial charge in [0.1, 0.15) is 0 Å². The van der Waals surface area contributed by atoms with Crippen LogP contribution in [-0.4, -0.2) is 22.2 Å². The summed E-state index contributed by atoms with van der Waals surface area (Å²) in [6.45, 7) is 0. The predicted octanol–water partition coefficient (Wildman–Crippen LogP) is -0.849. The fourth-order valence-electron chi connectivity index (χ4n) is 0. The van der Waals surface area contributed by atoms with Gasteiger partial charge in [0.15, 0.2) is 0 Å². The predicted molar refractivity (Wildman–Crippen MR) is 15.3 cm³/mol. The van der Waals surface area contributed by atoms with E-state index >= 15 is 0 Å². The maximum absolute atomic E-state index is 9.10. The molecule has 4 nitrogen and oxygen atoms in total. The van der Waals surface area contributed by atoms with Crippen LogP contribution in [0.1, 0.15) is 0 Å². The molecule has 0 bridgehead atoms. The second-order valence-electron chi connectivity index (χ2n) is 0.610. The second kappa shape index (κ2) is 6.94. The first-order chi connectivity index (χ1) is 2.64. The third-order valence-corrected chi connectivity index (χ3v) is 0.183. The van der Waals surface area contributed by atoms with Crippen LogP contribution in [0.15, 0.2) is 0 Å². The van der Waals surface area contributed by atoms with Crippen molar-refractivity contribution in [3.8, 4) is 0 Å². The third kappa shape index (κ3) is 9.34. The van der Waals surface area contributed by atoms with Crippen molar-refractivity contribution in [2.45, 2.75) is 0 Å². The van der Waals surface area contributed by atoms with Gasteiger partial charge < -0.3 is 10.2 Å². The van der Waals surface area contributed by atoms with Crippen LogP contribution < -0.4 is 0 Å². The molecule has 0 saturated heterocycles. The van der Waals surface area contributed by atoms with Gasteiger partial charge in [-0.1, -0.05) is 0 Å². The minimum absolute atomic E-state index is 0. The Hall–Kier alpha value is -0.0600. The van der Waals surface area contributed by atoms with Crippen LogP contribution in [0.5, 0.6) is 0 Å². The molecule has 6 heteroatoms. The zero-order valence-corrected chi connectivity index (χ0v) is 5.39. The van der Waals surface area contributed by atoms with Gasteiger partial charge in [0.05, 0.1) is 0 Å². The van der Waals surface area contributed by atoms with Crippen molar-refractivity contribution in [3.63, 3.8) is 0 Å². The molecule has 2 N–H and O–H groups in total. The Bertz CT molecular complexity index is 80.0. The summed E-state index contributed by atoms with van der Waals surface area (Å²) in [6.07, 6.45) is 0. The fraction of sp³-hybridized carbons (Fsp3) is 0. The average Bonchev–Trinajstić information content (AvgIpc) is 1.36. The van der Waals surface area contributed by atoms with Crippen molar-refractivity contribution in [1.29, 1.82) is 0 Å². The molecule has 0 aromatic rings. The first-order valence-corrected chi connectivity index (χ1v) is 1.11. The molecule has 0 aromatic carbocycles. The molecule has 0 saturated carbocycles. The Balaban J connectivity index is -0.000000125. The number of aliphatic carboxylic acids is 2. The van der Waals surface area contributed by atoms with Gasteiger partial charge in [-0.05, 0) is 0 Å². The summed E-state index contributed by atoms with van der Waals surface area (Å²) in [6, 6.07) is 0. The molecular weight excluding hydrogens is 206 g/mol. The second-order valence-corrected chi connectivity index (χ2v) is 0.610. The van der Waals surface area contributed by atoms with Gasteiger partial charge in [-0.25, -0.2) is 9.59 Å². The van der Waals surface area contributed by atoms with E-state index in [9.17, 15) is 0 Å². The maximum Gasteiger partial charge on any atom is 0.414 e. The van der Waals surface area contributed by atoms with Crippen LogP contribution in [0, 0.1) is 0 Å². The first kappa shape index (κ1) is 15.7. The van der Waals surface area contributed by atoms with E-state index in [1.54, 1.807) is 0 Å². The number of carboxylic acid groups (broad SMARTS) is 2. The van der Waals surface area contributed by atoms with E-state index in [1.807, 2.05) is 0 Å². The zero-order valence-electron chi connectivity index (χ0n) is 3.36. The Morgan fingerprint density at radius 3 is 1.12 bits per heavy atom. The number of rotatable bonds is 0. The van der Waals surface area contributed by atoms with Gasteiger partial charge in [-0.3, -0.25) is 0 Å². The van der Waals surface area contributed by atoms with Crippen molar-refractivity contribution in [1.82, 2.24) is 0 Å². The standard InChI is InChI=1S/C2H2O4.Co.Ni/c3-1(4)2(5)6;;/h(H,3,4)(H,5,6);;. The summed E-state index contributed by atoms with van der Waals surface area (Å²) in [5.74, 6) is -3.65. The van der Waals surface area contributed by atoms with E-state index in [1.165, 1.54) is 0 Å². The number of carboxylic acids is 2. The van der Waals surface area contributed by atoms with Crippen LogP contribution in [-0.2, 0) is 42.9 Å². The van der Waals surface area contributed by atoms with E-state index in [4.69, 9.17) is 19.8 Å². The van der Waals surface area contributed by atoms with Crippen molar-refractivity contribution in [2.24, 2.45) is 0 Å². The molecule has 0 amide bonds. The molecule has 0 aromatic heterocycles. The Labute approximate surface area is 65.4 Å². The normalized spacial score (nSPS) is 5.50. The molecule has 0 aliphatic carbocycles. The van der Waals surface area contributed by atoms with Crippen molar-refractivity contribution >= 4 is 11.9 Å². The summed E-state index contributed by atoms with van der Waals surface area (Å²) < 4.78 is 0. The molecule has 0 aliphatic rings. The Morgan fingerprint density at radius 1 is 1.00 bits per heavy atom. The molecule has 0 aliphatic heterocycles. The van der Waals surface area contributed by atoms with Crippen molar-refractivity contribution in [2.75, 3.05) is 0 Å². The van der Waals surface area contributed by atoms with Crippen LogP contribution in [0.3, 0.4) is 0 Å². The molecule has 0 atom stereocenters. The molecule has 0 rings (SSSR count). The minimum atomic E-state index is -1.82. The van der Waals surface area contributed by atoms with Gasteiger partial charge >= 0.3 is 11.9 Å². The van der Waals surface area contributed by atoms with E-state index in [-0.39, 0.29) is 33.3 Å². The SMILES string of the molecule is O=C(O)C(=O)O.[Co].[Ni]. The summed E-state index contributed by atoms with van der Waals surface area (Å²) >= 11 is 0. The smallest absolute Gasteiger partial charge is 0.414 e. The van der Waals surface area contributed by atoms with Crippen molar-refractivity contribution < 1.29 is 53.1 Å². The quantitative estimate of drug-likeness (QED) is 0.401. The average molecular weight is 208 g/mol. The Morgan fingerprint density at radius 2 is 1.12 bits per heavy atom. The minimum Gasteiger partial charge on any atom is -0.473 e. The van der Waals surface area contributed by atoms with Crippen LogP contribution >= 0.6 is 0 Å². The molecular formula is C2H2CoNiO4. The monoisotopic (exact) mass is 207 g/mol. The van der Waals surface area contributed by atoms with Gasteiger partial charge in [0, 0.05) is 33.3 Å². The van der Waals surface area contributed by atoms with Crippen LogP contribution in [0.4, 0.5) is 0 Å². The molecule has 53 valence electrons. The third-order valence-electron chi connectivity index (χ3n) is 0.183. The maximum atomic E-state index is 9.10. The molecule has 0 unspecified atom stereocenters. The number of hydrogen-bond acceptors (Lipinski definition) is 2. The summed E-state index contributed by atoms with van der Waals surface area (Å²) in [5.41, 5.74) is 0. The number of hydrogen-bond donors (Lipinski definition) is 2. The largest absolute Gasteiger partial charge is 0.473 e. The molecule has 0 spiro atoms. The van der Waals surface area contributed by atoms with E-state index in [0.29, 0.717) is 0 Å². The van der Waals surface area contributed by atoms with Crippen molar-refractivity contribution in [3.05, 3.63) is 0 Å². The topological polar surface area (TPSA) is 74.6 Å². The number of carbonyl (C=O) groups is 2. The molecule has 1 radical (unpaired) electrons. The Kier molecular flexibility index (Phi) is 13.6. The van der Waals surface area contributed by atoms with Gasteiger partial charge in [-0.15, -0.1) is 0 Å². The summed E-state index contributed by atoms with van der Waals surface area (Å²) in [7, 11) is 0. The first-order valence-electron chi connectivity index (χ1n) is 1.11. The molecule has 0 heterocycles. The zero-order chi connectivity index (χ0) is 5.15. The van der Waals surface area contributed by atoms with Crippen LogP contribution in [0.25, 0.3) is 0 Å². The van der Waals surface area contributed by atoms with Gasteiger partial charge in [0.2, 0.25) is 0 Å². The molecule has 0 fully saturated rings.